The molecule has 0 radical (unpaired) electrons. The first-order chi connectivity index (χ1) is 6.64. The highest BCUT2D eigenvalue weighted by Gasteiger charge is 2.38. The molecular formula is C7H11F6OP. The van der Waals surface area contributed by atoms with Gasteiger partial charge in [0, 0.05) is 6.61 Å². The van der Waals surface area contributed by atoms with E-state index in [-0.39, 0.29) is 6.61 Å². The molecule has 0 bridgehead atoms. The van der Waals surface area contributed by atoms with Gasteiger partial charge in [0.1, 0.15) is 0 Å². The maximum atomic E-state index is 11.9. The van der Waals surface area contributed by atoms with Gasteiger partial charge in [0.05, 0.1) is 18.7 Å². The van der Waals surface area contributed by atoms with Crippen LogP contribution in [0.1, 0.15) is 6.92 Å². The summed E-state index contributed by atoms with van der Waals surface area (Å²) < 4.78 is 76.0. The van der Waals surface area contributed by atoms with Crippen LogP contribution in [0, 0.1) is 0 Å². The van der Waals surface area contributed by atoms with Crippen LogP contribution >= 0.6 is 7.92 Å². The summed E-state index contributed by atoms with van der Waals surface area (Å²) in [4.78, 5) is 0. The molecule has 92 valence electrons. The number of ether oxygens (including phenoxy) is 1. The van der Waals surface area contributed by atoms with Gasteiger partial charge >= 0.3 is 12.4 Å². The largest absolute Gasteiger partial charge is 0.392 e. The van der Waals surface area contributed by atoms with E-state index in [0.29, 0.717) is 0 Å². The van der Waals surface area contributed by atoms with E-state index in [1.54, 1.807) is 0 Å². The van der Waals surface area contributed by atoms with E-state index in [9.17, 15) is 26.3 Å². The van der Waals surface area contributed by atoms with E-state index in [1.807, 2.05) is 0 Å². The first-order valence-corrected chi connectivity index (χ1v) is 5.97. The Bertz CT molecular complexity index is 161. The van der Waals surface area contributed by atoms with Crippen molar-refractivity contribution >= 4 is 7.92 Å². The molecule has 0 atom stereocenters. The molecule has 0 aromatic rings. The van der Waals surface area contributed by atoms with Crippen molar-refractivity contribution < 1.29 is 31.1 Å². The fourth-order valence-electron chi connectivity index (χ4n) is 0.875. The van der Waals surface area contributed by atoms with Gasteiger partial charge in [0.15, 0.2) is 0 Å². The van der Waals surface area contributed by atoms with Crippen LogP contribution in [0.2, 0.25) is 0 Å². The fourth-order valence-corrected chi connectivity index (χ4v) is 2.62. The maximum Gasteiger partial charge on any atom is 0.392 e. The van der Waals surface area contributed by atoms with Crippen molar-refractivity contribution in [2.24, 2.45) is 0 Å². The van der Waals surface area contributed by atoms with Crippen molar-refractivity contribution in [3.05, 3.63) is 0 Å². The van der Waals surface area contributed by atoms with Crippen LogP contribution in [0.5, 0.6) is 0 Å². The molecule has 0 unspecified atom stereocenters. The predicted octanol–water partition coefficient (Wildman–Crippen LogP) is 3.59. The van der Waals surface area contributed by atoms with E-state index in [0.717, 1.165) is 0 Å². The number of alkyl halides is 6. The smallest absolute Gasteiger partial charge is 0.377 e. The Morgan fingerprint density at radius 1 is 0.933 bits per heavy atom. The highest BCUT2D eigenvalue weighted by Crippen LogP contribution is 2.45. The lowest BCUT2D eigenvalue weighted by Gasteiger charge is -2.20. The molecule has 1 nitrogen and oxygen atoms in total. The summed E-state index contributed by atoms with van der Waals surface area (Å²) in [5.41, 5.74) is 0. The second-order valence-electron chi connectivity index (χ2n) is 2.84. The molecular weight excluding hydrogens is 245 g/mol. The normalized spacial score (nSPS) is 13.6. The average Bonchev–Trinajstić information content (AvgIpc) is 1.94. The average molecular weight is 256 g/mol. The van der Waals surface area contributed by atoms with Crippen molar-refractivity contribution in [2.45, 2.75) is 19.3 Å². The molecule has 0 aliphatic carbocycles. The molecule has 0 spiro atoms. The third-order valence-electron chi connectivity index (χ3n) is 1.28. The highest BCUT2D eigenvalue weighted by molar-refractivity contribution is 7.57. The molecule has 0 amide bonds. The molecule has 0 fully saturated rings. The minimum Gasteiger partial charge on any atom is -0.377 e. The van der Waals surface area contributed by atoms with Crippen LogP contribution in [-0.2, 0) is 4.74 Å². The summed E-state index contributed by atoms with van der Waals surface area (Å²) in [6, 6.07) is 0. The first kappa shape index (κ1) is 15.0. The van der Waals surface area contributed by atoms with Crippen molar-refractivity contribution in [2.75, 3.05) is 25.3 Å². The molecule has 0 aromatic heterocycles. The molecule has 0 N–H and O–H groups in total. The van der Waals surface area contributed by atoms with Gasteiger partial charge in [-0.05, 0) is 6.92 Å². The molecule has 0 saturated carbocycles. The van der Waals surface area contributed by atoms with Gasteiger partial charge < -0.3 is 4.74 Å². The summed E-state index contributed by atoms with van der Waals surface area (Å²) in [5, 5.41) is 0. The Balaban J connectivity index is 4.19. The molecule has 0 aliphatic heterocycles. The van der Waals surface area contributed by atoms with Gasteiger partial charge in [-0.1, -0.05) is 7.92 Å². The van der Waals surface area contributed by atoms with Gasteiger partial charge in [0.25, 0.3) is 0 Å². The summed E-state index contributed by atoms with van der Waals surface area (Å²) >= 11 is 0. The van der Waals surface area contributed by atoms with Gasteiger partial charge in [-0.2, -0.15) is 26.3 Å². The Morgan fingerprint density at radius 3 is 1.60 bits per heavy atom. The topological polar surface area (TPSA) is 9.23 Å². The van der Waals surface area contributed by atoms with E-state index in [4.69, 9.17) is 0 Å². The zero-order chi connectivity index (χ0) is 12.1. The van der Waals surface area contributed by atoms with Crippen LogP contribution in [0.25, 0.3) is 0 Å². The second-order valence-corrected chi connectivity index (χ2v) is 5.07. The fraction of sp³-hybridized carbons (Fsp3) is 1.00. The van der Waals surface area contributed by atoms with Crippen molar-refractivity contribution in [3.63, 3.8) is 0 Å². The summed E-state index contributed by atoms with van der Waals surface area (Å²) in [5.74, 6) is 0. The molecule has 0 aliphatic rings. The summed E-state index contributed by atoms with van der Waals surface area (Å²) in [6.07, 6.45) is -12.4. The van der Waals surface area contributed by atoms with Crippen molar-refractivity contribution in [1.29, 1.82) is 0 Å². The Kier molecular flexibility index (Phi) is 5.88. The van der Waals surface area contributed by atoms with Gasteiger partial charge in [-0.15, -0.1) is 0 Å². The van der Waals surface area contributed by atoms with Crippen LogP contribution in [0.15, 0.2) is 0 Å². The lowest BCUT2D eigenvalue weighted by molar-refractivity contribution is -0.112. The van der Waals surface area contributed by atoms with E-state index in [1.165, 1.54) is 6.92 Å². The Hall–Kier alpha value is -0.0300. The zero-order valence-electron chi connectivity index (χ0n) is 7.95. The van der Waals surface area contributed by atoms with Crippen LogP contribution < -0.4 is 0 Å². The highest BCUT2D eigenvalue weighted by atomic mass is 31.1. The molecule has 0 aromatic carbocycles. The van der Waals surface area contributed by atoms with Gasteiger partial charge in [-0.3, -0.25) is 0 Å². The van der Waals surface area contributed by atoms with E-state index in [2.05, 4.69) is 4.74 Å². The third kappa shape index (κ3) is 10.3. The molecule has 0 heterocycles. The quantitative estimate of drug-likeness (QED) is 0.539. The zero-order valence-corrected chi connectivity index (χ0v) is 8.85. The predicted molar refractivity (Wildman–Crippen MR) is 45.3 cm³/mol. The minimum absolute atomic E-state index is 0.120. The monoisotopic (exact) mass is 256 g/mol. The maximum absolute atomic E-state index is 11.9. The van der Waals surface area contributed by atoms with Crippen LogP contribution in [0.3, 0.4) is 0 Å². The SMILES string of the molecule is CCOCP(CC(F)(F)F)CC(F)(F)F. The minimum atomic E-state index is -4.56. The Labute approximate surface area is 84.5 Å². The lowest BCUT2D eigenvalue weighted by Crippen LogP contribution is -2.21. The van der Waals surface area contributed by atoms with Crippen LogP contribution in [-0.4, -0.2) is 37.6 Å². The first-order valence-electron chi connectivity index (χ1n) is 4.07. The second kappa shape index (κ2) is 5.89. The van der Waals surface area contributed by atoms with Crippen LogP contribution in [0.4, 0.5) is 26.3 Å². The number of rotatable bonds is 5. The summed E-state index contributed by atoms with van der Waals surface area (Å²) in [6.45, 7) is 1.64. The third-order valence-corrected chi connectivity index (χ3v) is 3.44. The van der Waals surface area contributed by atoms with Gasteiger partial charge in [-0.25, -0.2) is 0 Å². The molecule has 8 heteroatoms. The van der Waals surface area contributed by atoms with Crippen molar-refractivity contribution in [3.8, 4) is 0 Å². The number of hydrogen-bond donors (Lipinski definition) is 0. The summed E-state index contributed by atoms with van der Waals surface area (Å²) in [7, 11) is -2.21. The lowest BCUT2D eigenvalue weighted by atomic mass is 10.8. The molecule has 0 rings (SSSR count). The Morgan fingerprint density at radius 2 is 1.33 bits per heavy atom. The number of halogens is 6. The van der Waals surface area contributed by atoms with E-state index < -0.39 is 38.9 Å². The van der Waals surface area contributed by atoms with Crippen molar-refractivity contribution in [1.82, 2.24) is 0 Å². The molecule has 15 heavy (non-hydrogen) atoms. The number of hydrogen-bond acceptors (Lipinski definition) is 1. The van der Waals surface area contributed by atoms with E-state index >= 15 is 0 Å². The standard InChI is InChI=1S/C7H11F6OP/c1-2-14-5-15(3-6(8,9)10)4-7(11,12)13/h2-5H2,1H3. The van der Waals surface area contributed by atoms with Gasteiger partial charge in [0.2, 0.25) is 0 Å². The molecule has 0 saturated heterocycles.